The number of carbonyl (C=O) groups is 1. The molecule has 166 valence electrons. The van der Waals surface area contributed by atoms with Crippen LogP contribution in [-0.2, 0) is 10.0 Å². The van der Waals surface area contributed by atoms with Crippen molar-refractivity contribution in [3.8, 4) is 11.3 Å². The number of rotatable bonds is 5. The Kier molecular flexibility index (Phi) is 6.89. The van der Waals surface area contributed by atoms with E-state index in [1.807, 2.05) is 43.4 Å². The molecule has 1 fully saturated rings. The molecule has 2 aromatic carbocycles. The lowest BCUT2D eigenvalue weighted by atomic mass is 10.1. The monoisotopic (exact) mass is 562 g/mol. The number of amides is 1. The Labute approximate surface area is 201 Å². The predicted molar refractivity (Wildman–Crippen MR) is 133 cm³/mol. The largest absolute Gasteiger partial charge is 0.322 e. The maximum Gasteiger partial charge on any atom is 0.255 e. The summed E-state index contributed by atoms with van der Waals surface area (Å²) in [5, 5.41) is 2.87. The zero-order valence-corrected chi connectivity index (χ0v) is 20.5. The van der Waals surface area contributed by atoms with Crippen LogP contribution in [-0.4, -0.2) is 61.7 Å². The molecule has 1 aliphatic heterocycles. The first kappa shape index (κ1) is 22.8. The van der Waals surface area contributed by atoms with Crippen molar-refractivity contribution in [2.24, 2.45) is 0 Å². The minimum absolute atomic E-state index is 0.131. The Morgan fingerprint density at radius 3 is 2.50 bits per heavy atom. The minimum Gasteiger partial charge on any atom is -0.322 e. The summed E-state index contributed by atoms with van der Waals surface area (Å²) >= 11 is 2.23. The zero-order valence-electron chi connectivity index (χ0n) is 17.5. The Morgan fingerprint density at radius 1 is 1.00 bits per heavy atom. The van der Waals surface area contributed by atoms with Crippen LogP contribution in [0.15, 0.2) is 71.8 Å². The second-order valence-corrected chi connectivity index (χ2v) is 10.7. The second kappa shape index (κ2) is 9.65. The molecule has 0 spiro atoms. The van der Waals surface area contributed by atoms with Crippen LogP contribution in [0.2, 0.25) is 0 Å². The van der Waals surface area contributed by atoms with Gasteiger partial charge in [0.2, 0.25) is 10.0 Å². The molecule has 9 heteroatoms. The molecule has 1 saturated heterocycles. The van der Waals surface area contributed by atoms with Gasteiger partial charge < -0.3 is 10.2 Å². The number of hydrogen-bond donors (Lipinski definition) is 1. The van der Waals surface area contributed by atoms with Crippen molar-refractivity contribution in [2.75, 3.05) is 38.5 Å². The van der Waals surface area contributed by atoms with E-state index >= 15 is 0 Å². The highest BCUT2D eigenvalue weighted by atomic mass is 127. The molecule has 2 heterocycles. The highest BCUT2D eigenvalue weighted by Gasteiger charge is 2.28. The average Bonchev–Trinajstić information content (AvgIpc) is 2.81. The topological polar surface area (TPSA) is 82.6 Å². The summed E-state index contributed by atoms with van der Waals surface area (Å²) in [6, 6.07) is 17.5. The highest BCUT2D eigenvalue weighted by Crippen LogP contribution is 2.27. The number of halogens is 1. The van der Waals surface area contributed by atoms with Gasteiger partial charge in [-0.3, -0.25) is 9.78 Å². The molecule has 1 N–H and O–H groups in total. The molecule has 0 unspecified atom stereocenters. The number of benzene rings is 2. The molecular weight excluding hydrogens is 539 g/mol. The fourth-order valence-electron chi connectivity index (χ4n) is 3.50. The lowest BCUT2D eigenvalue weighted by Crippen LogP contribution is -2.47. The highest BCUT2D eigenvalue weighted by molar-refractivity contribution is 14.1. The summed E-state index contributed by atoms with van der Waals surface area (Å²) in [5.74, 6) is -0.367. The zero-order chi connectivity index (χ0) is 22.7. The molecule has 1 aliphatic rings. The van der Waals surface area contributed by atoms with E-state index in [9.17, 15) is 13.2 Å². The van der Waals surface area contributed by atoms with Crippen molar-refractivity contribution in [1.82, 2.24) is 14.2 Å². The fraction of sp³-hybridized carbons (Fsp3) is 0.217. The van der Waals surface area contributed by atoms with Gasteiger partial charge in [0.1, 0.15) is 0 Å². The molecule has 0 saturated carbocycles. The van der Waals surface area contributed by atoms with Crippen molar-refractivity contribution in [1.29, 1.82) is 0 Å². The quantitative estimate of drug-likeness (QED) is 0.482. The Bertz CT molecular complexity index is 1230. The van der Waals surface area contributed by atoms with Crippen molar-refractivity contribution >= 4 is 44.2 Å². The lowest BCUT2D eigenvalue weighted by molar-refractivity contribution is 0.102. The molecule has 0 atom stereocenters. The molecule has 0 radical (unpaired) electrons. The number of nitrogens with one attached hydrogen (secondary N) is 1. The summed E-state index contributed by atoms with van der Waals surface area (Å²) in [6.45, 7) is 2.25. The van der Waals surface area contributed by atoms with Gasteiger partial charge in [-0.15, -0.1) is 0 Å². The summed E-state index contributed by atoms with van der Waals surface area (Å²) in [6.07, 6.45) is 1.73. The predicted octanol–water partition coefficient (Wildman–Crippen LogP) is 3.54. The van der Waals surface area contributed by atoms with Crippen molar-refractivity contribution < 1.29 is 13.2 Å². The van der Waals surface area contributed by atoms with Crippen LogP contribution in [0.3, 0.4) is 0 Å². The van der Waals surface area contributed by atoms with Crippen LogP contribution in [0, 0.1) is 3.57 Å². The van der Waals surface area contributed by atoms with E-state index in [0.717, 1.165) is 14.8 Å². The molecule has 7 nitrogen and oxygen atoms in total. The third kappa shape index (κ3) is 5.01. The molecule has 3 aromatic rings. The van der Waals surface area contributed by atoms with Gasteiger partial charge in [0.25, 0.3) is 5.91 Å². The SMILES string of the molecule is CN1CCN(S(=O)(=O)c2cccc(C(=O)Nc3ccc(I)c(-c4ccccn4)c3)c2)CC1. The van der Waals surface area contributed by atoms with Gasteiger partial charge in [0, 0.05) is 52.8 Å². The molecule has 1 amide bonds. The molecule has 4 rings (SSSR count). The van der Waals surface area contributed by atoms with Crippen LogP contribution in [0.5, 0.6) is 0 Å². The number of piperazine rings is 1. The third-order valence-corrected chi connectivity index (χ3v) is 8.20. The average molecular weight is 562 g/mol. The number of nitrogens with zero attached hydrogens (tertiary/aromatic N) is 3. The van der Waals surface area contributed by atoms with E-state index < -0.39 is 10.0 Å². The standard InChI is InChI=1S/C23H23IN4O3S/c1-27-11-13-28(14-12-27)32(30,31)19-6-4-5-17(15-19)23(29)26-18-8-9-21(24)20(16-18)22-7-2-3-10-25-22/h2-10,15-16H,11-14H2,1H3,(H,26,29). The van der Waals surface area contributed by atoms with Gasteiger partial charge in [-0.2, -0.15) is 4.31 Å². The van der Waals surface area contributed by atoms with Gasteiger partial charge in [-0.1, -0.05) is 12.1 Å². The molecule has 1 aromatic heterocycles. The van der Waals surface area contributed by atoms with E-state index in [1.54, 1.807) is 18.3 Å². The van der Waals surface area contributed by atoms with Crippen LogP contribution >= 0.6 is 22.6 Å². The van der Waals surface area contributed by atoms with Gasteiger partial charge >= 0.3 is 0 Å². The molecule has 0 aliphatic carbocycles. The van der Waals surface area contributed by atoms with E-state index in [2.05, 4.69) is 37.8 Å². The maximum atomic E-state index is 13.0. The van der Waals surface area contributed by atoms with Crippen LogP contribution in [0.1, 0.15) is 10.4 Å². The minimum atomic E-state index is -3.65. The first-order valence-electron chi connectivity index (χ1n) is 10.2. The van der Waals surface area contributed by atoms with E-state index in [-0.39, 0.29) is 16.4 Å². The van der Waals surface area contributed by atoms with Crippen LogP contribution in [0.25, 0.3) is 11.3 Å². The van der Waals surface area contributed by atoms with Crippen LogP contribution in [0.4, 0.5) is 5.69 Å². The van der Waals surface area contributed by atoms with E-state index in [4.69, 9.17) is 0 Å². The van der Waals surface area contributed by atoms with Gasteiger partial charge in [-0.25, -0.2) is 8.42 Å². The normalized spacial score (nSPS) is 15.4. The number of hydrogen-bond acceptors (Lipinski definition) is 5. The van der Waals surface area contributed by atoms with Gasteiger partial charge in [0.15, 0.2) is 0 Å². The number of pyridine rings is 1. The number of anilines is 1. The summed E-state index contributed by atoms with van der Waals surface area (Å²) in [7, 11) is -1.67. The lowest BCUT2D eigenvalue weighted by Gasteiger charge is -2.31. The van der Waals surface area contributed by atoms with Gasteiger partial charge in [-0.05, 0) is 78.2 Å². The summed E-state index contributed by atoms with van der Waals surface area (Å²) in [4.78, 5) is 19.5. The third-order valence-electron chi connectivity index (χ3n) is 5.36. The van der Waals surface area contributed by atoms with E-state index in [1.165, 1.54) is 16.4 Å². The first-order valence-corrected chi connectivity index (χ1v) is 12.7. The van der Waals surface area contributed by atoms with Crippen LogP contribution < -0.4 is 5.32 Å². The van der Waals surface area contributed by atoms with Crippen molar-refractivity contribution in [2.45, 2.75) is 4.90 Å². The van der Waals surface area contributed by atoms with Gasteiger partial charge in [0.05, 0.1) is 10.6 Å². The molecular formula is C23H23IN4O3S. The number of aromatic nitrogens is 1. The Morgan fingerprint density at radius 2 is 1.78 bits per heavy atom. The summed E-state index contributed by atoms with van der Waals surface area (Å²) in [5.41, 5.74) is 2.63. The second-order valence-electron chi connectivity index (χ2n) is 7.60. The van der Waals surface area contributed by atoms with E-state index in [0.29, 0.717) is 31.9 Å². The number of carbonyl (C=O) groups excluding carboxylic acids is 1. The first-order chi connectivity index (χ1) is 15.3. The molecule has 32 heavy (non-hydrogen) atoms. The Hall–Kier alpha value is -2.34. The van der Waals surface area contributed by atoms with Crippen molar-refractivity contribution in [3.05, 3.63) is 76.0 Å². The number of sulfonamides is 1. The van der Waals surface area contributed by atoms with Crippen molar-refractivity contribution in [3.63, 3.8) is 0 Å². The maximum absolute atomic E-state index is 13.0. The summed E-state index contributed by atoms with van der Waals surface area (Å²) < 4.78 is 28.6. The smallest absolute Gasteiger partial charge is 0.255 e. The fourth-order valence-corrected chi connectivity index (χ4v) is 5.58. The number of likely N-dealkylation sites (N-methyl/N-ethyl adjacent to an activating group) is 1. The molecule has 0 bridgehead atoms. The Balaban J connectivity index is 1.55.